The third kappa shape index (κ3) is 3.96. The molecule has 0 aliphatic rings. The molecular weight excluding hydrogens is 401 g/mol. The molecule has 0 atom stereocenters. The lowest BCUT2D eigenvalue weighted by Crippen LogP contribution is -2.16. The van der Waals surface area contributed by atoms with Crippen molar-refractivity contribution in [2.45, 2.75) is 6.18 Å². The lowest BCUT2D eigenvalue weighted by molar-refractivity contribution is -0.384. The van der Waals surface area contributed by atoms with Crippen LogP contribution in [0.15, 0.2) is 54.9 Å². The summed E-state index contributed by atoms with van der Waals surface area (Å²) >= 11 is 5.92. The highest BCUT2D eigenvalue weighted by atomic mass is 35.5. The normalized spacial score (nSPS) is 11.3. The zero-order chi connectivity index (χ0) is 20.5. The molecule has 0 bridgehead atoms. The number of carbonyl (C=O) groups is 1. The number of anilines is 1. The third-order valence-corrected chi connectivity index (χ3v) is 4.06. The maximum atomic E-state index is 13.1. The Labute approximate surface area is 160 Å². The standard InChI is InChI=1S/C17H10ClF3N4O3/c18-13-4-3-11(25(27)28)9-12(13)16(26)23-14-8-10(17(19,20)21)2-5-15(14)24-7-1-6-22-24/h1-9H,(H,23,26). The van der Waals surface area contributed by atoms with Gasteiger partial charge in [0.25, 0.3) is 11.6 Å². The topological polar surface area (TPSA) is 90.1 Å². The summed E-state index contributed by atoms with van der Waals surface area (Å²) in [6.07, 6.45) is -1.73. The van der Waals surface area contributed by atoms with Crippen LogP contribution in [0.1, 0.15) is 15.9 Å². The van der Waals surface area contributed by atoms with Crippen LogP contribution in [0.3, 0.4) is 0 Å². The molecule has 0 fully saturated rings. The molecule has 0 saturated carbocycles. The number of nitro benzene ring substituents is 1. The SMILES string of the molecule is O=C(Nc1cc(C(F)(F)F)ccc1-n1cccn1)c1cc([N+](=O)[O-])ccc1Cl. The fourth-order valence-electron chi connectivity index (χ4n) is 2.41. The number of amides is 1. The van der Waals surface area contributed by atoms with Crippen molar-refractivity contribution in [1.29, 1.82) is 0 Å². The number of hydrogen-bond donors (Lipinski definition) is 1. The van der Waals surface area contributed by atoms with E-state index in [2.05, 4.69) is 10.4 Å². The van der Waals surface area contributed by atoms with Crippen LogP contribution in [0.5, 0.6) is 0 Å². The first-order chi connectivity index (χ1) is 13.2. The first-order valence-corrected chi connectivity index (χ1v) is 8.01. The van der Waals surface area contributed by atoms with Gasteiger partial charge in [-0.2, -0.15) is 18.3 Å². The fraction of sp³-hybridized carbons (Fsp3) is 0.0588. The largest absolute Gasteiger partial charge is 0.416 e. The summed E-state index contributed by atoms with van der Waals surface area (Å²) in [5.41, 5.74) is -1.63. The second-order valence-electron chi connectivity index (χ2n) is 5.56. The van der Waals surface area contributed by atoms with Gasteiger partial charge >= 0.3 is 6.18 Å². The van der Waals surface area contributed by atoms with Gasteiger partial charge in [0.1, 0.15) is 0 Å². The van der Waals surface area contributed by atoms with E-state index in [4.69, 9.17) is 11.6 Å². The molecule has 0 aliphatic carbocycles. The van der Waals surface area contributed by atoms with Crippen molar-refractivity contribution in [3.63, 3.8) is 0 Å². The quantitative estimate of drug-likeness (QED) is 0.498. The van der Waals surface area contributed by atoms with E-state index < -0.39 is 22.6 Å². The van der Waals surface area contributed by atoms with Gasteiger partial charge in [-0.15, -0.1) is 0 Å². The summed E-state index contributed by atoms with van der Waals surface area (Å²) in [4.78, 5) is 22.8. The number of rotatable bonds is 4. The Kier molecular flexibility index (Phi) is 5.06. The molecule has 144 valence electrons. The van der Waals surface area contributed by atoms with Crippen molar-refractivity contribution in [2.75, 3.05) is 5.32 Å². The van der Waals surface area contributed by atoms with Gasteiger partial charge in [-0.3, -0.25) is 14.9 Å². The maximum absolute atomic E-state index is 13.1. The number of nitro groups is 1. The van der Waals surface area contributed by atoms with E-state index in [0.717, 1.165) is 36.4 Å². The Bertz CT molecular complexity index is 1050. The Morgan fingerprint density at radius 2 is 1.96 bits per heavy atom. The van der Waals surface area contributed by atoms with Crippen molar-refractivity contribution >= 4 is 28.9 Å². The number of hydrogen-bond acceptors (Lipinski definition) is 4. The number of aromatic nitrogens is 2. The van der Waals surface area contributed by atoms with Gasteiger partial charge in [-0.1, -0.05) is 11.6 Å². The molecule has 3 aromatic rings. The van der Waals surface area contributed by atoms with Crippen LogP contribution in [-0.4, -0.2) is 20.6 Å². The first kappa shape index (κ1) is 19.4. The minimum atomic E-state index is -4.63. The van der Waals surface area contributed by atoms with E-state index in [9.17, 15) is 28.1 Å². The smallest absolute Gasteiger partial charge is 0.320 e. The Balaban J connectivity index is 2.04. The van der Waals surface area contributed by atoms with Crippen LogP contribution in [0.2, 0.25) is 5.02 Å². The van der Waals surface area contributed by atoms with Crippen LogP contribution in [-0.2, 0) is 6.18 Å². The van der Waals surface area contributed by atoms with Crippen LogP contribution in [0.4, 0.5) is 24.5 Å². The lowest BCUT2D eigenvalue weighted by Gasteiger charge is -2.15. The highest BCUT2D eigenvalue weighted by Crippen LogP contribution is 2.34. The van der Waals surface area contributed by atoms with Crippen molar-refractivity contribution in [1.82, 2.24) is 9.78 Å². The summed E-state index contributed by atoms with van der Waals surface area (Å²) in [5, 5.41) is 17.1. The number of halogens is 4. The number of non-ortho nitro benzene ring substituents is 1. The molecule has 0 unspecified atom stereocenters. The summed E-state index contributed by atoms with van der Waals surface area (Å²) in [6, 6.07) is 7.53. The molecule has 0 saturated heterocycles. The molecule has 1 N–H and O–H groups in total. The van der Waals surface area contributed by atoms with E-state index in [1.165, 1.54) is 17.1 Å². The van der Waals surface area contributed by atoms with Crippen LogP contribution >= 0.6 is 11.6 Å². The molecule has 7 nitrogen and oxygen atoms in total. The Hall–Kier alpha value is -3.40. The molecule has 2 aromatic carbocycles. The minimum absolute atomic E-state index is 0.0873. The first-order valence-electron chi connectivity index (χ1n) is 7.63. The number of alkyl halides is 3. The van der Waals surface area contributed by atoms with Gasteiger partial charge in [0.05, 0.1) is 32.4 Å². The second-order valence-corrected chi connectivity index (χ2v) is 5.96. The van der Waals surface area contributed by atoms with Gasteiger partial charge in [0.2, 0.25) is 0 Å². The average molecular weight is 411 g/mol. The molecule has 0 aliphatic heterocycles. The summed E-state index contributed by atoms with van der Waals surface area (Å²) in [7, 11) is 0. The van der Waals surface area contributed by atoms with Gasteiger partial charge in [0, 0.05) is 24.5 Å². The summed E-state index contributed by atoms with van der Waals surface area (Å²) in [5.74, 6) is -0.901. The molecule has 11 heteroatoms. The number of benzene rings is 2. The minimum Gasteiger partial charge on any atom is -0.320 e. The highest BCUT2D eigenvalue weighted by molar-refractivity contribution is 6.34. The van der Waals surface area contributed by atoms with Crippen LogP contribution < -0.4 is 5.32 Å². The molecular formula is C17H10ClF3N4O3. The van der Waals surface area contributed by atoms with Crippen molar-refractivity contribution in [3.05, 3.63) is 81.1 Å². The lowest BCUT2D eigenvalue weighted by atomic mass is 10.1. The van der Waals surface area contributed by atoms with E-state index in [1.54, 1.807) is 6.07 Å². The van der Waals surface area contributed by atoms with Gasteiger partial charge in [0.15, 0.2) is 0 Å². The fourth-order valence-corrected chi connectivity index (χ4v) is 2.62. The second kappa shape index (κ2) is 7.31. The van der Waals surface area contributed by atoms with Crippen LogP contribution in [0, 0.1) is 10.1 Å². The molecule has 1 amide bonds. The summed E-state index contributed by atoms with van der Waals surface area (Å²) in [6.45, 7) is 0. The van der Waals surface area contributed by atoms with E-state index in [1.807, 2.05) is 0 Å². The number of nitrogens with zero attached hydrogens (tertiary/aromatic N) is 3. The number of carbonyl (C=O) groups excluding carboxylic acids is 1. The third-order valence-electron chi connectivity index (χ3n) is 3.73. The predicted molar refractivity (Wildman–Crippen MR) is 94.6 cm³/mol. The van der Waals surface area contributed by atoms with Gasteiger partial charge in [-0.05, 0) is 30.3 Å². The molecule has 1 heterocycles. The molecule has 0 radical (unpaired) electrons. The van der Waals surface area contributed by atoms with Gasteiger partial charge in [-0.25, -0.2) is 4.68 Å². The molecule has 1 aromatic heterocycles. The summed E-state index contributed by atoms with van der Waals surface area (Å²) < 4.78 is 40.5. The Morgan fingerprint density at radius 1 is 1.21 bits per heavy atom. The van der Waals surface area contributed by atoms with Crippen molar-refractivity contribution < 1.29 is 22.9 Å². The predicted octanol–water partition coefficient (Wildman–Crippen LogP) is 4.71. The number of nitrogens with one attached hydrogen (secondary N) is 1. The molecule has 3 rings (SSSR count). The van der Waals surface area contributed by atoms with Crippen molar-refractivity contribution in [2.24, 2.45) is 0 Å². The zero-order valence-corrected chi connectivity index (χ0v) is 14.5. The van der Waals surface area contributed by atoms with Gasteiger partial charge < -0.3 is 5.32 Å². The monoisotopic (exact) mass is 410 g/mol. The average Bonchev–Trinajstić information content (AvgIpc) is 3.15. The van der Waals surface area contributed by atoms with E-state index in [0.29, 0.717) is 0 Å². The Morgan fingerprint density at radius 3 is 2.57 bits per heavy atom. The molecule has 0 spiro atoms. The maximum Gasteiger partial charge on any atom is 0.416 e. The van der Waals surface area contributed by atoms with E-state index in [-0.39, 0.29) is 27.6 Å². The molecule has 28 heavy (non-hydrogen) atoms. The van der Waals surface area contributed by atoms with Crippen LogP contribution in [0.25, 0.3) is 5.69 Å². The van der Waals surface area contributed by atoms with E-state index >= 15 is 0 Å². The highest BCUT2D eigenvalue weighted by Gasteiger charge is 2.31. The zero-order valence-electron chi connectivity index (χ0n) is 13.8. The van der Waals surface area contributed by atoms with Crippen molar-refractivity contribution in [3.8, 4) is 5.69 Å².